The number of halogens is 2. The van der Waals surface area contributed by atoms with E-state index in [0.29, 0.717) is 29.8 Å². The fraction of sp³-hybridized carbons (Fsp3) is 0.250. The van der Waals surface area contributed by atoms with Crippen LogP contribution in [0, 0.1) is 12.7 Å². The summed E-state index contributed by atoms with van der Waals surface area (Å²) in [6, 6.07) is 8.79. The topological polar surface area (TPSA) is 71.2 Å². The van der Waals surface area contributed by atoms with Crippen molar-refractivity contribution in [3.63, 3.8) is 0 Å². The van der Waals surface area contributed by atoms with Gasteiger partial charge in [-0.1, -0.05) is 18.2 Å². The minimum atomic E-state index is -0.833. The van der Waals surface area contributed by atoms with E-state index in [1.807, 2.05) is 18.2 Å². The molecule has 1 aromatic carbocycles. The molecule has 150 valence electrons. The van der Waals surface area contributed by atoms with E-state index in [1.54, 1.807) is 35.3 Å². The monoisotopic (exact) mass is 476 g/mol. The van der Waals surface area contributed by atoms with Crippen LogP contribution < -0.4 is 10.6 Å². The molecule has 0 aliphatic carbocycles. The van der Waals surface area contributed by atoms with Crippen molar-refractivity contribution in [2.24, 2.45) is 0 Å². The van der Waals surface area contributed by atoms with E-state index in [0.717, 1.165) is 8.66 Å². The Labute approximate surface area is 179 Å². The van der Waals surface area contributed by atoms with E-state index in [4.69, 9.17) is 0 Å². The number of β-amino-alcohol motifs (C(OH)–C–C–N with tert-alkyl or cyclic N) is 1. The number of aliphatic hydroxyl groups excluding tert-OH is 1. The maximum Gasteiger partial charge on any atom is 0.352 e. The number of aryl methyl sites for hydroxylation is 1. The largest absolute Gasteiger partial charge is 0.387 e. The third-order valence-electron chi connectivity index (χ3n) is 4.78. The third-order valence-corrected chi connectivity index (χ3v) is 6.39. The van der Waals surface area contributed by atoms with Gasteiger partial charge < -0.3 is 10.0 Å². The van der Waals surface area contributed by atoms with Crippen molar-refractivity contribution in [1.29, 1.82) is 0 Å². The smallest absolute Gasteiger partial charge is 0.352 e. The number of hydrogen-bond acceptors (Lipinski definition) is 6. The molecule has 2 aromatic heterocycles. The van der Waals surface area contributed by atoms with Crippen LogP contribution >= 0.6 is 27.3 Å². The van der Waals surface area contributed by atoms with Gasteiger partial charge in [0.1, 0.15) is 12.1 Å². The average molecular weight is 477 g/mol. The van der Waals surface area contributed by atoms with Gasteiger partial charge in [-0.05, 0) is 57.8 Å². The Morgan fingerprint density at radius 3 is 2.83 bits per heavy atom. The lowest BCUT2D eigenvalue weighted by Crippen LogP contribution is -2.40. The molecule has 9 heteroatoms. The highest BCUT2D eigenvalue weighted by molar-refractivity contribution is 9.11. The number of thiophene rings is 1. The summed E-state index contributed by atoms with van der Waals surface area (Å²) >= 11 is 4.95. The maximum atomic E-state index is 13.9. The number of hydrogen-bond donors (Lipinski definition) is 1. The predicted molar refractivity (Wildman–Crippen MR) is 115 cm³/mol. The molecule has 4 rings (SSSR count). The molecule has 0 amide bonds. The normalized spacial score (nSPS) is 16.8. The summed E-state index contributed by atoms with van der Waals surface area (Å²) in [5.41, 5.74) is 1.48. The molecule has 6 nitrogen and oxygen atoms in total. The summed E-state index contributed by atoms with van der Waals surface area (Å²) < 4.78 is 16.3. The van der Waals surface area contributed by atoms with Crippen molar-refractivity contribution >= 4 is 38.8 Å². The van der Waals surface area contributed by atoms with E-state index in [9.17, 15) is 14.3 Å². The Morgan fingerprint density at radius 2 is 2.17 bits per heavy atom. The zero-order valence-electron chi connectivity index (χ0n) is 15.5. The molecular weight excluding hydrogens is 459 g/mol. The standard InChI is InChI=1S/C20H18BrFN4O2S/c1-12-2-3-13(8-16(12)22)15-6-7-25(10-17(15)27)19-23-11-26(20(28)24-19)9-14-4-5-18(21)29-14/h2-6,8,11,17,27H,7,9-10H2,1H3/t17-/m0/s1. The van der Waals surface area contributed by atoms with E-state index in [2.05, 4.69) is 25.9 Å². The van der Waals surface area contributed by atoms with Crippen LogP contribution in [-0.4, -0.2) is 38.8 Å². The molecule has 0 spiro atoms. The van der Waals surface area contributed by atoms with E-state index < -0.39 is 11.8 Å². The number of anilines is 1. The molecule has 0 unspecified atom stereocenters. The second-order valence-corrected chi connectivity index (χ2v) is 9.36. The summed E-state index contributed by atoms with van der Waals surface area (Å²) in [7, 11) is 0. The van der Waals surface area contributed by atoms with Crippen LogP contribution in [0.15, 0.2) is 51.3 Å². The Kier molecular flexibility index (Phi) is 5.62. The maximum absolute atomic E-state index is 13.9. The number of benzene rings is 1. The second kappa shape index (κ2) is 8.17. The Balaban J connectivity index is 1.52. The van der Waals surface area contributed by atoms with Crippen LogP contribution in [0.25, 0.3) is 5.57 Å². The fourth-order valence-corrected chi connectivity index (χ4v) is 4.67. The van der Waals surface area contributed by atoms with Gasteiger partial charge >= 0.3 is 5.69 Å². The molecule has 0 fully saturated rings. The molecule has 29 heavy (non-hydrogen) atoms. The van der Waals surface area contributed by atoms with E-state index >= 15 is 0 Å². The first-order valence-corrected chi connectivity index (χ1v) is 10.6. The zero-order chi connectivity index (χ0) is 20.5. The molecule has 0 saturated heterocycles. The molecule has 0 radical (unpaired) electrons. The first-order chi connectivity index (χ1) is 13.9. The van der Waals surface area contributed by atoms with Gasteiger partial charge in [-0.15, -0.1) is 11.3 Å². The fourth-order valence-electron chi connectivity index (χ4n) is 3.19. The quantitative estimate of drug-likeness (QED) is 0.625. The number of aliphatic hydroxyl groups is 1. The van der Waals surface area contributed by atoms with Gasteiger partial charge in [0.25, 0.3) is 0 Å². The molecule has 1 aliphatic rings. The average Bonchev–Trinajstić information content (AvgIpc) is 3.10. The number of aromatic nitrogens is 3. The number of rotatable bonds is 4. The molecule has 1 N–H and O–H groups in total. The molecule has 3 heterocycles. The van der Waals surface area contributed by atoms with Gasteiger partial charge in [0.05, 0.1) is 23.0 Å². The van der Waals surface area contributed by atoms with Crippen molar-refractivity contribution in [2.45, 2.75) is 19.6 Å². The van der Waals surface area contributed by atoms with Crippen LogP contribution in [0.5, 0.6) is 0 Å². The highest BCUT2D eigenvalue weighted by atomic mass is 79.9. The first-order valence-electron chi connectivity index (χ1n) is 8.98. The van der Waals surface area contributed by atoms with Crippen LogP contribution in [-0.2, 0) is 6.54 Å². The Bertz CT molecular complexity index is 1140. The van der Waals surface area contributed by atoms with Gasteiger partial charge in [-0.2, -0.15) is 4.98 Å². The highest BCUT2D eigenvalue weighted by Crippen LogP contribution is 2.26. The molecule has 3 aromatic rings. The first kappa shape index (κ1) is 19.9. The van der Waals surface area contributed by atoms with Gasteiger partial charge in [0.15, 0.2) is 0 Å². The third kappa shape index (κ3) is 4.31. The minimum Gasteiger partial charge on any atom is -0.387 e. The van der Waals surface area contributed by atoms with Gasteiger partial charge in [0, 0.05) is 11.4 Å². The van der Waals surface area contributed by atoms with E-state index in [-0.39, 0.29) is 18.3 Å². The summed E-state index contributed by atoms with van der Waals surface area (Å²) in [5, 5.41) is 10.6. The highest BCUT2D eigenvalue weighted by Gasteiger charge is 2.24. The van der Waals surface area contributed by atoms with Crippen LogP contribution in [0.3, 0.4) is 0 Å². The number of nitrogens with zero attached hydrogens (tertiary/aromatic N) is 4. The molecular formula is C20H18BrFN4O2S. The molecule has 0 bridgehead atoms. The SMILES string of the molecule is Cc1ccc(C2=CCN(c3ncn(Cc4ccc(Br)s4)c(=O)n3)C[C@@H]2O)cc1F. The summed E-state index contributed by atoms with van der Waals surface area (Å²) in [4.78, 5) is 23.5. The lowest BCUT2D eigenvalue weighted by Gasteiger charge is -2.30. The van der Waals surface area contributed by atoms with Crippen LogP contribution in [0.4, 0.5) is 10.3 Å². The van der Waals surface area contributed by atoms with Gasteiger partial charge in [0.2, 0.25) is 5.95 Å². The zero-order valence-corrected chi connectivity index (χ0v) is 18.0. The lowest BCUT2D eigenvalue weighted by molar-refractivity contribution is 0.233. The van der Waals surface area contributed by atoms with Crippen molar-refractivity contribution in [3.05, 3.63) is 78.8 Å². The van der Waals surface area contributed by atoms with Crippen molar-refractivity contribution in [2.75, 3.05) is 18.0 Å². The lowest BCUT2D eigenvalue weighted by atomic mass is 9.96. The van der Waals surface area contributed by atoms with E-state index in [1.165, 1.54) is 17.0 Å². The summed E-state index contributed by atoms with van der Waals surface area (Å²) in [6.45, 7) is 2.75. The predicted octanol–water partition coefficient (Wildman–Crippen LogP) is 3.22. The van der Waals surface area contributed by atoms with Crippen molar-refractivity contribution in [3.8, 4) is 0 Å². The van der Waals surface area contributed by atoms with Gasteiger partial charge in [-0.3, -0.25) is 4.57 Å². The summed E-state index contributed by atoms with van der Waals surface area (Å²) in [6.07, 6.45) is 2.45. The Hall–Kier alpha value is -2.36. The van der Waals surface area contributed by atoms with Crippen molar-refractivity contribution in [1.82, 2.24) is 14.5 Å². The molecule has 1 aliphatic heterocycles. The molecule has 0 saturated carbocycles. The Morgan fingerprint density at radius 1 is 1.34 bits per heavy atom. The second-order valence-electron chi connectivity index (χ2n) is 6.82. The summed E-state index contributed by atoms with van der Waals surface area (Å²) in [5.74, 6) is -0.0363. The molecule has 1 atom stereocenters. The van der Waals surface area contributed by atoms with Gasteiger partial charge in [-0.25, -0.2) is 14.2 Å². The van der Waals surface area contributed by atoms with Crippen molar-refractivity contribution < 1.29 is 9.50 Å². The van der Waals surface area contributed by atoms with Crippen LogP contribution in [0.2, 0.25) is 0 Å². The minimum absolute atomic E-state index is 0.225. The van der Waals surface area contributed by atoms with Crippen LogP contribution in [0.1, 0.15) is 16.0 Å².